The zero-order valence-corrected chi connectivity index (χ0v) is 23.5. The third-order valence-corrected chi connectivity index (χ3v) is 8.98. The smallest absolute Gasteiger partial charge is 0.0547 e. The van der Waals surface area contributed by atoms with Gasteiger partial charge in [0, 0.05) is 16.5 Å². The van der Waals surface area contributed by atoms with Crippen molar-refractivity contribution in [1.82, 2.24) is 4.57 Å². The molecule has 43 heavy (non-hydrogen) atoms. The van der Waals surface area contributed by atoms with E-state index in [0.717, 1.165) is 0 Å². The first-order valence-corrected chi connectivity index (χ1v) is 14.9. The number of nitrogens with zero attached hydrogens (tertiary/aromatic N) is 1. The van der Waals surface area contributed by atoms with E-state index in [4.69, 9.17) is 0 Å². The van der Waals surface area contributed by atoms with Crippen molar-refractivity contribution in [3.63, 3.8) is 0 Å². The van der Waals surface area contributed by atoms with E-state index >= 15 is 0 Å². The van der Waals surface area contributed by atoms with Crippen LogP contribution in [0, 0.1) is 0 Å². The van der Waals surface area contributed by atoms with Crippen LogP contribution in [0.2, 0.25) is 0 Å². The van der Waals surface area contributed by atoms with Crippen LogP contribution in [0.15, 0.2) is 164 Å². The normalized spacial score (nSPS) is 11.7. The predicted molar refractivity (Wildman–Crippen MR) is 184 cm³/mol. The number of aromatic nitrogens is 1. The van der Waals surface area contributed by atoms with E-state index in [-0.39, 0.29) is 0 Å². The first-order chi connectivity index (χ1) is 21.3. The molecule has 200 valence electrons. The van der Waals surface area contributed by atoms with Gasteiger partial charge in [0.05, 0.1) is 11.0 Å². The Bertz CT molecular complexity index is 2480. The van der Waals surface area contributed by atoms with Crippen molar-refractivity contribution in [2.45, 2.75) is 0 Å². The predicted octanol–water partition coefficient (Wildman–Crippen LogP) is 11.6. The molecule has 9 aromatic rings. The van der Waals surface area contributed by atoms with Gasteiger partial charge >= 0.3 is 0 Å². The summed E-state index contributed by atoms with van der Waals surface area (Å²) in [6.07, 6.45) is 0. The summed E-state index contributed by atoms with van der Waals surface area (Å²) in [7, 11) is 0. The molecule has 0 spiro atoms. The molecule has 0 saturated carbocycles. The molecule has 1 heterocycles. The maximum Gasteiger partial charge on any atom is 0.0547 e. The van der Waals surface area contributed by atoms with Crippen molar-refractivity contribution in [2.75, 3.05) is 0 Å². The van der Waals surface area contributed by atoms with Gasteiger partial charge in [-0.2, -0.15) is 0 Å². The second kappa shape index (κ2) is 9.44. The van der Waals surface area contributed by atoms with Gasteiger partial charge < -0.3 is 4.57 Å². The van der Waals surface area contributed by atoms with Gasteiger partial charge in [-0.1, -0.05) is 133 Å². The van der Waals surface area contributed by atoms with E-state index in [9.17, 15) is 0 Å². The SMILES string of the molecule is c1ccc(-n2c3ccccc3c3ccc(-c4ccc(-c5ccc6c(ccc7c8ccccc8ccc67)c5)cc4)cc32)cc1. The second-order valence-corrected chi connectivity index (χ2v) is 11.4. The highest BCUT2D eigenvalue weighted by Crippen LogP contribution is 2.36. The van der Waals surface area contributed by atoms with Crippen LogP contribution in [0.1, 0.15) is 0 Å². The van der Waals surface area contributed by atoms with E-state index in [1.165, 1.54) is 82.1 Å². The molecule has 8 aromatic carbocycles. The summed E-state index contributed by atoms with van der Waals surface area (Å²) >= 11 is 0. The van der Waals surface area contributed by atoms with Gasteiger partial charge in [0.15, 0.2) is 0 Å². The van der Waals surface area contributed by atoms with Gasteiger partial charge in [0.1, 0.15) is 0 Å². The fourth-order valence-electron chi connectivity index (χ4n) is 6.87. The van der Waals surface area contributed by atoms with Crippen molar-refractivity contribution in [2.24, 2.45) is 0 Å². The number of rotatable bonds is 3. The van der Waals surface area contributed by atoms with Crippen LogP contribution in [0.3, 0.4) is 0 Å². The first-order valence-electron chi connectivity index (χ1n) is 14.9. The van der Waals surface area contributed by atoms with Gasteiger partial charge in [0.25, 0.3) is 0 Å². The van der Waals surface area contributed by atoms with Crippen LogP contribution < -0.4 is 0 Å². The lowest BCUT2D eigenvalue weighted by Gasteiger charge is -2.11. The lowest BCUT2D eigenvalue weighted by molar-refractivity contribution is 1.18. The fourth-order valence-corrected chi connectivity index (χ4v) is 6.87. The second-order valence-electron chi connectivity index (χ2n) is 11.4. The molecule has 0 saturated heterocycles. The third kappa shape index (κ3) is 3.79. The standard InChI is InChI=1S/C42H27N/c1-2-9-34(10-3-1)43-41-13-7-6-12-39(41)40-25-20-32(27-42(40)43)29-16-14-28(15-17-29)31-19-22-36-33(26-31)21-24-37-35-11-5-4-8-30(35)18-23-38(36)37/h1-27H. The zero-order chi connectivity index (χ0) is 28.3. The average molecular weight is 546 g/mol. The summed E-state index contributed by atoms with van der Waals surface area (Å²) in [5.41, 5.74) is 8.53. The molecule has 0 radical (unpaired) electrons. The zero-order valence-electron chi connectivity index (χ0n) is 23.5. The van der Waals surface area contributed by atoms with Crippen molar-refractivity contribution in [3.05, 3.63) is 164 Å². The van der Waals surface area contributed by atoms with Gasteiger partial charge in [0.2, 0.25) is 0 Å². The summed E-state index contributed by atoms with van der Waals surface area (Å²) in [5, 5.41) is 10.3. The Kier molecular flexibility index (Phi) is 5.27. The molecule has 0 aliphatic heterocycles. The number of hydrogen-bond donors (Lipinski definition) is 0. The summed E-state index contributed by atoms with van der Waals surface area (Å²) in [6.45, 7) is 0. The number of benzene rings is 8. The summed E-state index contributed by atoms with van der Waals surface area (Å²) < 4.78 is 2.38. The van der Waals surface area contributed by atoms with Gasteiger partial charge in [-0.3, -0.25) is 0 Å². The van der Waals surface area contributed by atoms with Crippen LogP contribution in [-0.4, -0.2) is 4.57 Å². The number of fused-ring (bicyclic) bond motifs is 8. The lowest BCUT2D eigenvalue weighted by atomic mass is 9.94. The Labute approximate surface area is 249 Å². The van der Waals surface area contributed by atoms with Gasteiger partial charge in [-0.25, -0.2) is 0 Å². The summed E-state index contributed by atoms with van der Waals surface area (Å²) in [6, 6.07) is 59.8. The van der Waals surface area contributed by atoms with Crippen LogP contribution in [-0.2, 0) is 0 Å². The molecule has 0 amide bonds. The number of para-hydroxylation sites is 2. The molecule has 1 heteroatoms. The third-order valence-electron chi connectivity index (χ3n) is 8.98. The molecule has 0 N–H and O–H groups in total. The topological polar surface area (TPSA) is 4.93 Å². The highest BCUT2D eigenvalue weighted by molar-refractivity contribution is 6.17. The number of hydrogen-bond acceptors (Lipinski definition) is 0. The van der Waals surface area contributed by atoms with Crippen molar-refractivity contribution in [3.8, 4) is 27.9 Å². The molecule has 0 bridgehead atoms. The Balaban J connectivity index is 1.11. The molecule has 0 fully saturated rings. The van der Waals surface area contributed by atoms with E-state index in [2.05, 4.69) is 168 Å². The Morgan fingerprint density at radius 2 is 0.791 bits per heavy atom. The van der Waals surface area contributed by atoms with Gasteiger partial charge in [-0.15, -0.1) is 0 Å². The first kappa shape index (κ1) is 24.0. The minimum Gasteiger partial charge on any atom is -0.309 e. The van der Waals surface area contributed by atoms with Crippen LogP contribution in [0.5, 0.6) is 0 Å². The Morgan fingerprint density at radius 3 is 1.56 bits per heavy atom. The molecule has 0 atom stereocenters. The molecule has 0 aliphatic carbocycles. The summed E-state index contributed by atoms with van der Waals surface area (Å²) in [5.74, 6) is 0. The van der Waals surface area contributed by atoms with Crippen molar-refractivity contribution < 1.29 is 0 Å². The van der Waals surface area contributed by atoms with Crippen LogP contribution >= 0.6 is 0 Å². The molecular formula is C42H27N. The Hall–Kier alpha value is -5.66. The van der Waals surface area contributed by atoms with E-state index in [0.29, 0.717) is 0 Å². The van der Waals surface area contributed by atoms with Crippen LogP contribution in [0.25, 0.3) is 82.1 Å². The largest absolute Gasteiger partial charge is 0.309 e. The van der Waals surface area contributed by atoms with Gasteiger partial charge in [-0.05, 0) is 84.9 Å². The molecule has 1 aromatic heterocycles. The maximum absolute atomic E-state index is 2.38. The molecule has 0 unspecified atom stereocenters. The lowest BCUT2D eigenvalue weighted by Crippen LogP contribution is -1.93. The van der Waals surface area contributed by atoms with Crippen molar-refractivity contribution >= 4 is 54.1 Å². The fraction of sp³-hybridized carbons (Fsp3) is 0. The summed E-state index contributed by atoms with van der Waals surface area (Å²) in [4.78, 5) is 0. The van der Waals surface area contributed by atoms with E-state index in [1.54, 1.807) is 0 Å². The Morgan fingerprint density at radius 1 is 0.279 bits per heavy atom. The monoisotopic (exact) mass is 545 g/mol. The minimum absolute atomic E-state index is 1.18. The molecule has 9 rings (SSSR count). The molecule has 1 nitrogen and oxygen atoms in total. The maximum atomic E-state index is 2.38. The molecular weight excluding hydrogens is 518 g/mol. The van der Waals surface area contributed by atoms with Crippen molar-refractivity contribution in [1.29, 1.82) is 0 Å². The highest BCUT2D eigenvalue weighted by Gasteiger charge is 2.13. The molecule has 0 aliphatic rings. The van der Waals surface area contributed by atoms with E-state index < -0.39 is 0 Å². The van der Waals surface area contributed by atoms with Crippen LogP contribution in [0.4, 0.5) is 0 Å². The highest BCUT2D eigenvalue weighted by atomic mass is 15.0. The van der Waals surface area contributed by atoms with E-state index in [1.807, 2.05) is 0 Å². The quantitative estimate of drug-likeness (QED) is 0.195. The average Bonchev–Trinajstić information content (AvgIpc) is 3.42. The minimum atomic E-state index is 1.18.